The largest absolute Gasteiger partial charge is 0.316 e. The lowest BCUT2D eigenvalue weighted by Crippen LogP contribution is -2.31. The molecule has 2 atom stereocenters. The molecule has 2 aliphatic heterocycles. The number of sulfonamides is 1. The maximum Gasteiger partial charge on any atom is 0.270 e. The normalized spacial score (nSPS) is 26.6. The van der Waals surface area contributed by atoms with Gasteiger partial charge in [0, 0.05) is 25.2 Å². The van der Waals surface area contributed by atoms with Gasteiger partial charge in [0.05, 0.1) is 9.82 Å². The molecular formula is C12H15N3O4S. The van der Waals surface area contributed by atoms with E-state index in [2.05, 4.69) is 5.32 Å². The van der Waals surface area contributed by atoms with Crippen molar-refractivity contribution in [2.45, 2.75) is 4.90 Å². The Morgan fingerprint density at radius 3 is 2.50 bits per heavy atom. The molecule has 0 aromatic heterocycles. The summed E-state index contributed by atoms with van der Waals surface area (Å²) in [7, 11) is -3.64. The van der Waals surface area contributed by atoms with Crippen LogP contribution in [0.4, 0.5) is 5.69 Å². The van der Waals surface area contributed by atoms with Gasteiger partial charge in [-0.1, -0.05) is 6.07 Å². The molecule has 1 aromatic carbocycles. The number of benzene rings is 1. The van der Waals surface area contributed by atoms with Gasteiger partial charge in [0.15, 0.2) is 0 Å². The Labute approximate surface area is 116 Å². The molecule has 0 amide bonds. The van der Waals surface area contributed by atoms with E-state index >= 15 is 0 Å². The second-order valence-corrected chi connectivity index (χ2v) is 7.19. The number of nitrogens with zero attached hydrogens (tertiary/aromatic N) is 2. The van der Waals surface area contributed by atoms with Gasteiger partial charge < -0.3 is 5.32 Å². The number of nitrogens with one attached hydrogen (secondary N) is 1. The molecule has 0 saturated carbocycles. The number of nitro groups is 1. The van der Waals surface area contributed by atoms with Gasteiger partial charge in [-0.05, 0) is 31.0 Å². The maximum atomic E-state index is 12.5. The topological polar surface area (TPSA) is 92.5 Å². The fourth-order valence-corrected chi connectivity index (χ4v) is 4.51. The molecule has 7 nitrogen and oxygen atoms in total. The second kappa shape index (κ2) is 4.80. The van der Waals surface area contributed by atoms with Crippen LogP contribution in [0.5, 0.6) is 0 Å². The Morgan fingerprint density at radius 1 is 1.25 bits per heavy atom. The van der Waals surface area contributed by atoms with E-state index in [9.17, 15) is 18.5 Å². The summed E-state index contributed by atoms with van der Waals surface area (Å²) in [6.45, 7) is 2.66. The smallest absolute Gasteiger partial charge is 0.270 e. The van der Waals surface area contributed by atoms with Crippen molar-refractivity contribution in [3.8, 4) is 0 Å². The summed E-state index contributed by atoms with van der Waals surface area (Å²) in [4.78, 5) is 10.2. The van der Waals surface area contributed by atoms with Gasteiger partial charge in [0.2, 0.25) is 10.0 Å². The van der Waals surface area contributed by atoms with Crippen molar-refractivity contribution in [3.05, 3.63) is 34.4 Å². The monoisotopic (exact) mass is 297 g/mol. The Morgan fingerprint density at radius 2 is 1.90 bits per heavy atom. The van der Waals surface area contributed by atoms with Crippen molar-refractivity contribution in [1.29, 1.82) is 0 Å². The molecule has 2 heterocycles. The molecule has 0 radical (unpaired) electrons. The van der Waals surface area contributed by atoms with Crippen molar-refractivity contribution in [2.24, 2.45) is 11.8 Å². The molecule has 1 aromatic rings. The molecular weight excluding hydrogens is 282 g/mol. The van der Waals surface area contributed by atoms with E-state index in [1.807, 2.05) is 0 Å². The Balaban J connectivity index is 1.89. The van der Waals surface area contributed by atoms with Crippen LogP contribution in [-0.4, -0.2) is 43.8 Å². The third-order valence-corrected chi connectivity index (χ3v) is 5.85. The highest BCUT2D eigenvalue weighted by Gasteiger charge is 2.41. The lowest BCUT2D eigenvalue weighted by Gasteiger charge is -2.17. The van der Waals surface area contributed by atoms with Crippen molar-refractivity contribution < 1.29 is 13.3 Å². The summed E-state index contributed by atoms with van der Waals surface area (Å²) < 4.78 is 26.5. The van der Waals surface area contributed by atoms with Crippen LogP contribution in [0, 0.1) is 22.0 Å². The lowest BCUT2D eigenvalue weighted by atomic mass is 10.0. The van der Waals surface area contributed by atoms with Crippen molar-refractivity contribution in [2.75, 3.05) is 26.2 Å². The summed E-state index contributed by atoms with van der Waals surface area (Å²) in [6, 6.07) is 5.24. The number of hydrogen-bond acceptors (Lipinski definition) is 5. The van der Waals surface area contributed by atoms with Crippen LogP contribution in [0.3, 0.4) is 0 Å². The van der Waals surface area contributed by atoms with E-state index in [0.717, 1.165) is 19.2 Å². The molecule has 8 heteroatoms. The first-order valence-corrected chi connectivity index (χ1v) is 7.88. The van der Waals surface area contributed by atoms with Crippen LogP contribution in [0.15, 0.2) is 29.2 Å². The molecule has 3 rings (SSSR count). The van der Waals surface area contributed by atoms with E-state index in [1.165, 1.54) is 22.5 Å². The third-order valence-electron chi connectivity index (χ3n) is 4.02. The van der Waals surface area contributed by atoms with Crippen molar-refractivity contribution in [3.63, 3.8) is 0 Å². The minimum absolute atomic E-state index is 0.000340. The van der Waals surface area contributed by atoms with Gasteiger partial charge in [0.25, 0.3) is 5.69 Å². The average Bonchev–Trinajstić information content (AvgIpc) is 2.99. The molecule has 20 heavy (non-hydrogen) atoms. The van der Waals surface area contributed by atoms with Crippen molar-refractivity contribution >= 4 is 15.7 Å². The Bertz CT molecular complexity index is 634. The van der Waals surface area contributed by atoms with Crippen LogP contribution in [0.2, 0.25) is 0 Å². The van der Waals surface area contributed by atoms with Gasteiger partial charge in [-0.25, -0.2) is 8.42 Å². The summed E-state index contributed by atoms with van der Waals surface area (Å²) in [5.74, 6) is 0.701. The van der Waals surface area contributed by atoms with Crippen LogP contribution in [0.1, 0.15) is 0 Å². The van der Waals surface area contributed by atoms with Crippen LogP contribution in [-0.2, 0) is 10.0 Å². The zero-order chi connectivity index (χ0) is 14.3. The van der Waals surface area contributed by atoms with Crippen LogP contribution >= 0.6 is 0 Å². The first-order chi connectivity index (χ1) is 9.48. The molecule has 2 fully saturated rings. The fourth-order valence-electron chi connectivity index (χ4n) is 2.92. The average molecular weight is 297 g/mol. The zero-order valence-corrected chi connectivity index (χ0v) is 11.5. The predicted octanol–water partition coefficient (Wildman–Crippen LogP) is 0.435. The fraction of sp³-hybridized carbons (Fsp3) is 0.500. The maximum absolute atomic E-state index is 12.5. The van der Waals surface area contributed by atoms with E-state index in [1.54, 1.807) is 0 Å². The van der Waals surface area contributed by atoms with E-state index in [4.69, 9.17) is 0 Å². The number of rotatable bonds is 3. The number of nitro benzene ring substituents is 1. The highest BCUT2D eigenvalue weighted by Crippen LogP contribution is 2.31. The SMILES string of the molecule is O=[N+]([O-])c1cccc(S(=O)(=O)N2CC3CNCC3C2)c1. The quantitative estimate of drug-likeness (QED) is 0.645. The van der Waals surface area contributed by atoms with Crippen LogP contribution < -0.4 is 5.32 Å². The standard InChI is InChI=1S/C12H15N3O4S/c16-15(17)11-2-1-3-12(4-11)20(18,19)14-7-9-5-13-6-10(9)8-14/h1-4,9-10,13H,5-8H2. The minimum Gasteiger partial charge on any atom is -0.316 e. The Kier molecular flexibility index (Phi) is 3.23. The van der Waals surface area contributed by atoms with Crippen molar-refractivity contribution in [1.82, 2.24) is 9.62 Å². The number of hydrogen-bond donors (Lipinski definition) is 1. The first kappa shape index (κ1) is 13.5. The third kappa shape index (κ3) is 2.19. The molecule has 0 aliphatic carbocycles. The summed E-state index contributed by atoms with van der Waals surface area (Å²) in [6.07, 6.45) is 0. The van der Waals surface area contributed by atoms with Gasteiger partial charge >= 0.3 is 0 Å². The van der Waals surface area contributed by atoms with Gasteiger partial charge in [-0.15, -0.1) is 0 Å². The highest BCUT2D eigenvalue weighted by molar-refractivity contribution is 7.89. The van der Waals surface area contributed by atoms with Gasteiger partial charge in [0.1, 0.15) is 0 Å². The molecule has 108 valence electrons. The molecule has 1 N–H and O–H groups in total. The molecule has 0 spiro atoms. The molecule has 0 bridgehead atoms. The number of fused-ring (bicyclic) bond motifs is 1. The van der Waals surface area contributed by atoms with Gasteiger partial charge in [-0.2, -0.15) is 4.31 Å². The summed E-state index contributed by atoms with van der Waals surface area (Å²) in [5.41, 5.74) is -0.202. The summed E-state index contributed by atoms with van der Waals surface area (Å²) >= 11 is 0. The van der Waals surface area contributed by atoms with E-state index < -0.39 is 14.9 Å². The summed E-state index contributed by atoms with van der Waals surface area (Å²) in [5, 5.41) is 14.0. The first-order valence-electron chi connectivity index (χ1n) is 6.44. The van der Waals surface area contributed by atoms with Gasteiger partial charge in [-0.3, -0.25) is 10.1 Å². The highest BCUT2D eigenvalue weighted by atomic mass is 32.2. The van der Waals surface area contributed by atoms with E-state index in [0.29, 0.717) is 24.9 Å². The molecule has 2 unspecified atom stereocenters. The van der Waals surface area contributed by atoms with E-state index in [-0.39, 0.29) is 10.6 Å². The molecule has 2 aliphatic rings. The van der Waals surface area contributed by atoms with Crippen LogP contribution in [0.25, 0.3) is 0 Å². The zero-order valence-electron chi connectivity index (χ0n) is 10.7. The molecule has 2 saturated heterocycles. The lowest BCUT2D eigenvalue weighted by molar-refractivity contribution is -0.385. The second-order valence-electron chi connectivity index (χ2n) is 5.25. The number of non-ortho nitro benzene ring substituents is 1. The minimum atomic E-state index is -3.64. The predicted molar refractivity (Wildman–Crippen MR) is 71.7 cm³/mol. The Hall–Kier alpha value is -1.51.